The SMILES string of the molecule is CC(O)C1=C(C(=O)OCc2ccc([N+](=O)[O-])cc2)N2C(=O)CC2C1. The fourth-order valence-corrected chi connectivity index (χ4v) is 2.99. The number of aliphatic hydroxyl groups is 1. The number of nitrogens with zero attached hydrogens (tertiary/aromatic N) is 2. The maximum atomic E-state index is 12.4. The van der Waals surface area contributed by atoms with Gasteiger partial charge in [0.25, 0.3) is 5.69 Å². The molecule has 1 aromatic rings. The molecular weight excluding hydrogens is 316 g/mol. The Kier molecular flexibility index (Phi) is 4.06. The van der Waals surface area contributed by atoms with Crippen LogP contribution in [0.5, 0.6) is 0 Å². The number of ether oxygens (including phenoxy) is 1. The van der Waals surface area contributed by atoms with Crippen molar-refractivity contribution in [2.24, 2.45) is 0 Å². The lowest BCUT2D eigenvalue weighted by molar-refractivity contribution is -0.384. The van der Waals surface area contributed by atoms with Crippen molar-refractivity contribution in [3.63, 3.8) is 0 Å². The second kappa shape index (κ2) is 6.04. The van der Waals surface area contributed by atoms with E-state index in [1.54, 1.807) is 6.92 Å². The highest BCUT2D eigenvalue weighted by atomic mass is 16.6. The van der Waals surface area contributed by atoms with Gasteiger partial charge in [-0.05, 0) is 36.6 Å². The minimum absolute atomic E-state index is 0.0472. The van der Waals surface area contributed by atoms with E-state index in [1.807, 2.05) is 0 Å². The molecule has 0 radical (unpaired) electrons. The van der Waals surface area contributed by atoms with E-state index in [0.717, 1.165) is 0 Å². The fourth-order valence-electron chi connectivity index (χ4n) is 2.99. The van der Waals surface area contributed by atoms with Gasteiger partial charge in [-0.15, -0.1) is 0 Å². The number of fused-ring (bicyclic) bond motifs is 1. The molecule has 0 bridgehead atoms. The van der Waals surface area contributed by atoms with Gasteiger partial charge in [0.05, 0.1) is 11.0 Å². The van der Waals surface area contributed by atoms with Gasteiger partial charge in [0.1, 0.15) is 12.3 Å². The summed E-state index contributed by atoms with van der Waals surface area (Å²) in [6, 6.07) is 5.59. The quantitative estimate of drug-likeness (QED) is 0.376. The van der Waals surface area contributed by atoms with Crippen LogP contribution in [-0.4, -0.2) is 39.0 Å². The normalized spacial score (nSPS) is 20.5. The fraction of sp³-hybridized carbons (Fsp3) is 0.375. The highest BCUT2D eigenvalue weighted by Gasteiger charge is 2.48. The van der Waals surface area contributed by atoms with Crippen molar-refractivity contribution in [1.29, 1.82) is 0 Å². The van der Waals surface area contributed by atoms with E-state index in [2.05, 4.69) is 0 Å². The Bertz CT molecular complexity index is 737. The summed E-state index contributed by atoms with van der Waals surface area (Å²) in [7, 11) is 0. The highest BCUT2D eigenvalue weighted by Crippen LogP contribution is 2.40. The number of hydrogen-bond acceptors (Lipinski definition) is 6. The molecule has 2 unspecified atom stereocenters. The molecular formula is C16H16N2O6. The minimum Gasteiger partial charge on any atom is -0.456 e. The molecule has 2 aliphatic rings. The number of carbonyl (C=O) groups excluding carboxylic acids is 2. The third-order valence-electron chi connectivity index (χ3n) is 4.26. The lowest BCUT2D eigenvalue weighted by Gasteiger charge is -2.35. The van der Waals surface area contributed by atoms with Gasteiger partial charge in [-0.1, -0.05) is 0 Å². The molecule has 1 fully saturated rings. The molecule has 0 spiro atoms. The summed E-state index contributed by atoms with van der Waals surface area (Å²) < 4.78 is 5.22. The van der Waals surface area contributed by atoms with Crippen LogP contribution in [0.1, 0.15) is 25.3 Å². The number of β-lactam (4-membered cyclic amide) rings is 1. The molecule has 1 saturated heterocycles. The number of esters is 1. The number of aliphatic hydroxyl groups excluding tert-OH is 1. The number of hydrogen-bond donors (Lipinski definition) is 1. The third-order valence-corrected chi connectivity index (χ3v) is 4.26. The lowest BCUT2D eigenvalue weighted by atomic mass is 9.99. The zero-order chi connectivity index (χ0) is 17.4. The molecule has 1 amide bonds. The predicted octanol–water partition coefficient (Wildman–Crippen LogP) is 1.28. The van der Waals surface area contributed by atoms with Crippen LogP contribution < -0.4 is 0 Å². The largest absolute Gasteiger partial charge is 0.456 e. The maximum absolute atomic E-state index is 12.4. The van der Waals surface area contributed by atoms with Crippen LogP contribution >= 0.6 is 0 Å². The molecule has 0 saturated carbocycles. The van der Waals surface area contributed by atoms with Crippen LogP contribution in [0, 0.1) is 10.1 Å². The summed E-state index contributed by atoms with van der Waals surface area (Å²) in [6.07, 6.45) is 0.0195. The molecule has 3 rings (SSSR count). The van der Waals surface area contributed by atoms with Crippen LogP contribution in [0.2, 0.25) is 0 Å². The minimum atomic E-state index is -0.828. The Morgan fingerprint density at radius 3 is 2.62 bits per heavy atom. The summed E-state index contributed by atoms with van der Waals surface area (Å²) in [5.41, 5.74) is 1.19. The Morgan fingerprint density at radius 2 is 2.08 bits per heavy atom. The van der Waals surface area contributed by atoms with Gasteiger partial charge in [0, 0.05) is 24.6 Å². The molecule has 2 aliphatic heterocycles. The van der Waals surface area contributed by atoms with Crippen molar-refractivity contribution >= 4 is 17.6 Å². The molecule has 24 heavy (non-hydrogen) atoms. The number of nitro benzene ring substituents is 1. The van der Waals surface area contributed by atoms with E-state index in [-0.39, 0.29) is 29.9 Å². The number of rotatable bonds is 5. The van der Waals surface area contributed by atoms with Gasteiger partial charge in [-0.25, -0.2) is 4.79 Å². The van der Waals surface area contributed by atoms with Gasteiger partial charge in [-0.3, -0.25) is 14.9 Å². The number of amides is 1. The molecule has 8 heteroatoms. The first-order chi connectivity index (χ1) is 11.4. The number of nitro groups is 1. The second-order valence-corrected chi connectivity index (χ2v) is 5.88. The first-order valence-electron chi connectivity index (χ1n) is 7.52. The van der Waals surface area contributed by atoms with Gasteiger partial charge in [-0.2, -0.15) is 0 Å². The Balaban J connectivity index is 1.70. The summed E-state index contributed by atoms with van der Waals surface area (Å²) in [6.45, 7) is 1.48. The van der Waals surface area contributed by atoms with Crippen LogP contribution in [0.25, 0.3) is 0 Å². The average Bonchev–Trinajstić information content (AvgIpc) is 2.86. The Morgan fingerprint density at radius 1 is 1.42 bits per heavy atom. The van der Waals surface area contributed by atoms with E-state index < -0.39 is 17.0 Å². The third kappa shape index (κ3) is 2.76. The maximum Gasteiger partial charge on any atom is 0.355 e. The summed E-state index contributed by atoms with van der Waals surface area (Å²) in [4.78, 5) is 35.5. The monoisotopic (exact) mass is 332 g/mol. The Hall–Kier alpha value is -2.74. The van der Waals surface area contributed by atoms with Gasteiger partial charge in [0.2, 0.25) is 5.91 Å². The van der Waals surface area contributed by atoms with Crippen molar-refractivity contribution in [3.05, 3.63) is 51.2 Å². The zero-order valence-electron chi connectivity index (χ0n) is 13.0. The standard InChI is InChI=1S/C16H16N2O6/c1-9(19)13-6-12-7-14(20)17(12)15(13)16(21)24-8-10-2-4-11(5-3-10)18(22)23/h2-5,9,12,19H,6-8H2,1H3. The van der Waals surface area contributed by atoms with E-state index in [0.29, 0.717) is 24.0 Å². The smallest absolute Gasteiger partial charge is 0.355 e. The van der Waals surface area contributed by atoms with Gasteiger partial charge in [0.15, 0.2) is 0 Å². The summed E-state index contributed by atoms with van der Waals surface area (Å²) >= 11 is 0. The number of non-ortho nitro benzene ring substituents is 1. The molecule has 1 N–H and O–H groups in total. The van der Waals surface area contributed by atoms with Crippen molar-refractivity contribution in [2.45, 2.75) is 38.5 Å². The molecule has 0 aromatic heterocycles. The Labute approximate surface area is 137 Å². The molecule has 126 valence electrons. The van der Waals surface area contributed by atoms with E-state index in [1.165, 1.54) is 29.2 Å². The first kappa shape index (κ1) is 16.1. The van der Waals surface area contributed by atoms with Crippen molar-refractivity contribution in [1.82, 2.24) is 4.90 Å². The molecule has 1 aromatic carbocycles. The van der Waals surface area contributed by atoms with E-state index >= 15 is 0 Å². The van der Waals surface area contributed by atoms with Crippen LogP contribution in [0.4, 0.5) is 5.69 Å². The summed E-state index contributed by atoms with van der Waals surface area (Å²) in [5.74, 6) is -0.822. The number of benzene rings is 1. The summed E-state index contributed by atoms with van der Waals surface area (Å²) in [5, 5.41) is 20.4. The van der Waals surface area contributed by atoms with Crippen LogP contribution in [-0.2, 0) is 20.9 Å². The lowest BCUT2D eigenvalue weighted by Crippen LogP contribution is -2.49. The highest BCUT2D eigenvalue weighted by molar-refractivity contribution is 5.99. The first-order valence-corrected chi connectivity index (χ1v) is 7.52. The van der Waals surface area contributed by atoms with Gasteiger partial charge < -0.3 is 14.7 Å². The van der Waals surface area contributed by atoms with E-state index in [9.17, 15) is 24.8 Å². The number of carbonyl (C=O) groups is 2. The molecule has 8 nitrogen and oxygen atoms in total. The molecule has 2 heterocycles. The van der Waals surface area contributed by atoms with Crippen molar-refractivity contribution in [2.75, 3.05) is 0 Å². The van der Waals surface area contributed by atoms with Gasteiger partial charge >= 0.3 is 5.97 Å². The zero-order valence-corrected chi connectivity index (χ0v) is 13.0. The second-order valence-electron chi connectivity index (χ2n) is 5.88. The molecule has 0 aliphatic carbocycles. The van der Waals surface area contributed by atoms with Crippen LogP contribution in [0.15, 0.2) is 35.5 Å². The average molecular weight is 332 g/mol. The topological polar surface area (TPSA) is 110 Å². The van der Waals surface area contributed by atoms with Crippen LogP contribution in [0.3, 0.4) is 0 Å². The predicted molar refractivity (Wildman–Crippen MR) is 81.5 cm³/mol. The molecule has 2 atom stereocenters. The van der Waals surface area contributed by atoms with Crippen molar-refractivity contribution < 1.29 is 24.4 Å². The van der Waals surface area contributed by atoms with E-state index in [4.69, 9.17) is 4.74 Å². The van der Waals surface area contributed by atoms with Crippen molar-refractivity contribution in [3.8, 4) is 0 Å².